The fourth-order valence-electron chi connectivity index (χ4n) is 2.33. The molecule has 1 unspecified atom stereocenters. The summed E-state index contributed by atoms with van der Waals surface area (Å²) >= 11 is 11.9. The molecule has 2 heterocycles. The number of nitrogens with zero attached hydrogens (tertiary/aromatic N) is 2. The molecule has 2 aromatic rings. The first kappa shape index (κ1) is 14.6. The Hall–Kier alpha value is -1.30. The average Bonchev–Trinajstić information content (AvgIpc) is 2.87. The second-order valence-electron chi connectivity index (χ2n) is 5.09. The lowest BCUT2D eigenvalue weighted by molar-refractivity contribution is 0.554. The second kappa shape index (κ2) is 4.87. The van der Waals surface area contributed by atoms with Crippen LogP contribution in [0.2, 0.25) is 0 Å². The lowest BCUT2D eigenvalue weighted by Gasteiger charge is -2.28. The highest BCUT2D eigenvalue weighted by Crippen LogP contribution is 2.37. The molecule has 7 heteroatoms. The fourth-order valence-corrected chi connectivity index (χ4v) is 4.45. The number of rotatable bonds is 2. The molecule has 0 bridgehead atoms. The van der Waals surface area contributed by atoms with Crippen LogP contribution in [0.3, 0.4) is 0 Å². The summed E-state index contributed by atoms with van der Waals surface area (Å²) in [5, 5.41) is 1.39. The van der Waals surface area contributed by atoms with Crippen molar-refractivity contribution >= 4 is 44.3 Å². The summed E-state index contributed by atoms with van der Waals surface area (Å²) in [6.45, 7) is 1.62. The summed E-state index contributed by atoms with van der Waals surface area (Å²) in [6.07, 6.45) is 6.45. The Kier molecular flexibility index (Phi) is 3.39. The molecule has 0 spiro atoms. The van der Waals surface area contributed by atoms with Crippen molar-refractivity contribution in [1.82, 2.24) is 8.96 Å². The van der Waals surface area contributed by atoms with Gasteiger partial charge >= 0.3 is 0 Å². The molecule has 1 atom stereocenters. The molecular formula is C14H12Cl2N2O2S. The summed E-state index contributed by atoms with van der Waals surface area (Å²) in [5.41, 5.74) is 0.406. The van der Waals surface area contributed by atoms with Gasteiger partial charge < -0.3 is 0 Å². The zero-order valence-electron chi connectivity index (χ0n) is 11.1. The maximum Gasteiger partial charge on any atom is 0.249 e. The number of halogens is 2. The van der Waals surface area contributed by atoms with Crippen LogP contribution < -0.4 is 0 Å². The van der Waals surface area contributed by atoms with Crippen molar-refractivity contribution in [3.8, 4) is 0 Å². The summed E-state index contributed by atoms with van der Waals surface area (Å²) in [5.74, 6) is 0. The Morgan fingerprint density at radius 2 is 2.05 bits per heavy atom. The molecule has 0 fully saturated rings. The van der Waals surface area contributed by atoms with Gasteiger partial charge in [-0.2, -0.15) is 0 Å². The quantitative estimate of drug-likeness (QED) is 0.837. The molecule has 1 aliphatic rings. The van der Waals surface area contributed by atoms with Crippen molar-refractivity contribution in [3.63, 3.8) is 0 Å². The van der Waals surface area contributed by atoms with Gasteiger partial charge in [-0.25, -0.2) is 17.4 Å². The van der Waals surface area contributed by atoms with Crippen LogP contribution in [0.25, 0.3) is 11.0 Å². The van der Waals surface area contributed by atoms with Gasteiger partial charge in [0.2, 0.25) is 10.0 Å². The van der Waals surface area contributed by atoms with Crippen molar-refractivity contribution in [2.45, 2.75) is 18.1 Å². The van der Waals surface area contributed by atoms with E-state index < -0.39 is 14.8 Å². The van der Waals surface area contributed by atoms with Crippen LogP contribution in [-0.2, 0) is 10.0 Å². The van der Waals surface area contributed by atoms with Crippen molar-refractivity contribution in [3.05, 3.63) is 52.8 Å². The van der Waals surface area contributed by atoms with Gasteiger partial charge in [-0.3, -0.25) is 0 Å². The van der Waals surface area contributed by atoms with Crippen LogP contribution in [0.1, 0.15) is 13.3 Å². The van der Waals surface area contributed by atoms with Gasteiger partial charge in [0.25, 0.3) is 0 Å². The topological polar surface area (TPSA) is 52.0 Å². The number of hydrogen-bond donors (Lipinski definition) is 0. The standard InChI is InChI=1S/C14H12Cl2N2O2S/c1-14(6-4-11(15)12(16)9-14)21(19,20)18-8-5-10-3-2-7-17-13(10)18/h2-5,7-9H,6H2,1H3. The first-order valence-electron chi connectivity index (χ1n) is 6.27. The first-order valence-corrected chi connectivity index (χ1v) is 8.46. The highest BCUT2D eigenvalue weighted by Gasteiger charge is 2.40. The van der Waals surface area contributed by atoms with E-state index in [1.54, 1.807) is 31.3 Å². The number of fused-ring (bicyclic) bond motifs is 1. The Balaban J connectivity index is 2.18. The van der Waals surface area contributed by atoms with E-state index in [-0.39, 0.29) is 11.5 Å². The minimum Gasteiger partial charge on any atom is -0.237 e. The third-order valence-corrected chi connectivity index (χ3v) is 6.65. The van der Waals surface area contributed by atoms with E-state index in [0.717, 1.165) is 5.39 Å². The molecule has 2 aromatic heterocycles. The zero-order chi connectivity index (χ0) is 15.3. The number of hydrogen-bond acceptors (Lipinski definition) is 3. The van der Waals surface area contributed by atoms with Gasteiger partial charge in [0.1, 0.15) is 4.75 Å². The van der Waals surface area contributed by atoms with Gasteiger partial charge in [-0.05, 0) is 37.6 Å². The van der Waals surface area contributed by atoms with Crippen molar-refractivity contribution in [2.24, 2.45) is 0 Å². The van der Waals surface area contributed by atoms with Gasteiger partial charge in [0.15, 0.2) is 5.65 Å². The lowest BCUT2D eigenvalue weighted by atomic mass is 10.0. The molecule has 21 heavy (non-hydrogen) atoms. The van der Waals surface area contributed by atoms with Gasteiger partial charge in [-0.15, -0.1) is 0 Å². The summed E-state index contributed by atoms with van der Waals surface area (Å²) in [4.78, 5) is 4.16. The Morgan fingerprint density at radius 3 is 2.76 bits per heavy atom. The maximum atomic E-state index is 13.0. The molecule has 0 aromatic carbocycles. The van der Waals surface area contributed by atoms with E-state index in [4.69, 9.17) is 23.2 Å². The monoisotopic (exact) mass is 342 g/mol. The lowest BCUT2D eigenvalue weighted by Crippen LogP contribution is -2.38. The third-order valence-electron chi connectivity index (χ3n) is 3.61. The summed E-state index contributed by atoms with van der Waals surface area (Å²) < 4.78 is 26.0. The van der Waals surface area contributed by atoms with Crippen LogP contribution in [0.15, 0.2) is 52.8 Å². The van der Waals surface area contributed by atoms with Crippen LogP contribution in [0.5, 0.6) is 0 Å². The van der Waals surface area contributed by atoms with Crippen molar-refractivity contribution in [1.29, 1.82) is 0 Å². The minimum absolute atomic E-state index is 0.249. The van der Waals surface area contributed by atoms with Crippen LogP contribution in [0, 0.1) is 0 Å². The van der Waals surface area contributed by atoms with Gasteiger partial charge in [-0.1, -0.05) is 29.3 Å². The minimum atomic E-state index is -3.71. The zero-order valence-corrected chi connectivity index (χ0v) is 13.5. The second-order valence-corrected chi connectivity index (χ2v) is 8.18. The summed E-state index contributed by atoms with van der Waals surface area (Å²) in [7, 11) is -3.71. The van der Waals surface area contributed by atoms with Gasteiger partial charge in [0, 0.05) is 17.8 Å². The molecule has 110 valence electrons. The molecule has 0 saturated heterocycles. The Morgan fingerprint density at radius 1 is 1.29 bits per heavy atom. The van der Waals surface area contributed by atoms with E-state index in [1.807, 2.05) is 6.07 Å². The molecule has 0 radical (unpaired) electrons. The molecule has 3 rings (SSSR count). The SMILES string of the molecule is CC1(S(=O)(=O)n2ccc3cccnc32)C=C(Cl)C(Cl)=CC1. The normalized spacial score (nSPS) is 23.0. The van der Waals surface area contributed by atoms with E-state index in [1.165, 1.54) is 16.2 Å². The molecule has 0 saturated carbocycles. The Bertz CT molecular complexity index is 883. The van der Waals surface area contributed by atoms with Gasteiger partial charge in [0.05, 0.1) is 10.1 Å². The molecule has 0 aliphatic heterocycles. The largest absolute Gasteiger partial charge is 0.249 e. The number of aromatic nitrogens is 2. The van der Waals surface area contributed by atoms with E-state index in [9.17, 15) is 8.42 Å². The van der Waals surface area contributed by atoms with Crippen LogP contribution in [0.4, 0.5) is 0 Å². The summed E-state index contributed by atoms with van der Waals surface area (Å²) in [6, 6.07) is 5.30. The van der Waals surface area contributed by atoms with Crippen LogP contribution >= 0.6 is 23.2 Å². The maximum absolute atomic E-state index is 13.0. The first-order chi connectivity index (χ1) is 9.85. The fraction of sp³-hybridized carbons (Fsp3) is 0.214. The smallest absolute Gasteiger partial charge is 0.237 e. The van der Waals surface area contributed by atoms with E-state index in [0.29, 0.717) is 10.7 Å². The van der Waals surface area contributed by atoms with Crippen LogP contribution in [-0.4, -0.2) is 22.1 Å². The number of allylic oxidation sites excluding steroid dienone is 3. The van der Waals surface area contributed by atoms with Crippen molar-refractivity contribution in [2.75, 3.05) is 0 Å². The molecular weight excluding hydrogens is 331 g/mol. The number of pyridine rings is 1. The predicted octanol–water partition coefficient (Wildman–Crippen LogP) is 3.62. The average molecular weight is 343 g/mol. The molecule has 1 aliphatic carbocycles. The highest BCUT2D eigenvalue weighted by molar-refractivity contribution is 7.91. The highest BCUT2D eigenvalue weighted by atomic mass is 35.5. The van der Waals surface area contributed by atoms with E-state index in [2.05, 4.69) is 4.98 Å². The molecule has 0 N–H and O–H groups in total. The Labute approximate surface area is 132 Å². The predicted molar refractivity (Wildman–Crippen MR) is 84.9 cm³/mol. The molecule has 0 amide bonds. The third kappa shape index (κ3) is 2.20. The molecule has 4 nitrogen and oxygen atoms in total. The van der Waals surface area contributed by atoms with E-state index >= 15 is 0 Å². The van der Waals surface area contributed by atoms with Crippen molar-refractivity contribution < 1.29 is 8.42 Å².